The first-order chi connectivity index (χ1) is 11.5. The summed E-state index contributed by atoms with van der Waals surface area (Å²) < 4.78 is 13.5. The highest BCUT2D eigenvalue weighted by Crippen LogP contribution is 2.33. The van der Waals surface area contributed by atoms with E-state index in [9.17, 15) is 9.65 Å². The average Bonchev–Trinajstić information content (AvgIpc) is 2.56. The zero-order valence-corrected chi connectivity index (χ0v) is 13.5. The van der Waals surface area contributed by atoms with Crippen molar-refractivity contribution in [3.05, 3.63) is 71.0 Å². The minimum Gasteiger partial charge on any atom is -0.383 e. The van der Waals surface area contributed by atoms with Crippen molar-refractivity contribution in [1.82, 2.24) is 4.98 Å². The number of aromatic nitrogens is 1. The monoisotopic (exact) mass is 317 g/mol. The molecule has 0 saturated carbocycles. The lowest BCUT2D eigenvalue weighted by Gasteiger charge is -2.13. The van der Waals surface area contributed by atoms with Crippen LogP contribution in [0.5, 0.6) is 0 Å². The highest BCUT2D eigenvalue weighted by atomic mass is 19.1. The number of nitrogen functional groups attached to an aromatic ring is 1. The fourth-order valence-corrected chi connectivity index (χ4v) is 2.72. The van der Waals surface area contributed by atoms with Crippen molar-refractivity contribution in [3.63, 3.8) is 0 Å². The van der Waals surface area contributed by atoms with Crippen LogP contribution in [0.1, 0.15) is 16.7 Å². The number of pyridine rings is 1. The SMILES string of the molecule is Cc1ccc(C)c(-c2cc(-c3cccc(F)c3)nc(N)c2C#N)c1. The summed E-state index contributed by atoms with van der Waals surface area (Å²) in [6.45, 7) is 3.97. The van der Waals surface area contributed by atoms with Crippen LogP contribution in [0.3, 0.4) is 0 Å². The van der Waals surface area contributed by atoms with Crippen molar-refractivity contribution in [2.24, 2.45) is 0 Å². The number of halogens is 1. The molecule has 24 heavy (non-hydrogen) atoms. The minimum atomic E-state index is -0.342. The zero-order chi connectivity index (χ0) is 17.3. The van der Waals surface area contributed by atoms with Gasteiger partial charge in [0.05, 0.1) is 5.69 Å². The molecule has 0 atom stereocenters. The van der Waals surface area contributed by atoms with Crippen LogP contribution in [-0.2, 0) is 0 Å². The molecule has 4 heteroatoms. The normalized spacial score (nSPS) is 10.4. The molecule has 3 rings (SSSR count). The van der Waals surface area contributed by atoms with Crippen molar-refractivity contribution >= 4 is 5.82 Å². The second kappa shape index (κ2) is 6.13. The molecule has 0 unspecified atom stereocenters. The van der Waals surface area contributed by atoms with Crippen molar-refractivity contribution in [2.45, 2.75) is 13.8 Å². The molecule has 0 aliphatic heterocycles. The Kier molecular flexibility index (Phi) is 4.01. The molecule has 0 saturated heterocycles. The maximum Gasteiger partial charge on any atom is 0.142 e. The number of anilines is 1. The van der Waals surface area contributed by atoms with E-state index in [-0.39, 0.29) is 11.6 Å². The first-order valence-electron chi connectivity index (χ1n) is 7.54. The predicted molar refractivity (Wildman–Crippen MR) is 93.7 cm³/mol. The lowest BCUT2D eigenvalue weighted by Crippen LogP contribution is -2.00. The summed E-state index contributed by atoms with van der Waals surface area (Å²) in [6, 6.07) is 16.1. The fraction of sp³-hybridized carbons (Fsp3) is 0.100. The molecule has 0 spiro atoms. The summed E-state index contributed by atoms with van der Waals surface area (Å²) in [5, 5.41) is 9.50. The van der Waals surface area contributed by atoms with Gasteiger partial charge in [-0.15, -0.1) is 0 Å². The van der Waals surface area contributed by atoms with Crippen molar-refractivity contribution in [1.29, 1.82) is 5.26 Å². The quantitative estimate of drug-likeness (QED) is 0.750. The maximum atomic E-state index is 13.5. The van der Waals surface area contributed by atoms with E-state index < -0.39 is 0 Å². The summed E-state index contributed by atoms with van der Waals surface area (Å²) in [5.74, 6) is -0.194. The summed E-state index contributed by atoms with van der Waals surface area (Å²) in [4.78, 5) is 4.28. The molecule has 0 radical (unpaired) electrons. The smallest absolute Gasteiger partial charge is 0.142 e. The fourth-order valence-electron chi connectivity index (χ4n) is 2.72. The molecular formula is C20H16FN3. The van der Waals surface area contributed by atoms with E-state index in [1.54, 1.807) is 18.2 Å². The van der Waals surface area contributed by atoms with Gasteiger partial charge in [0.1, 0.15) is 23.3 Å². The third-order valence-electron chi connectivity index (χ3n) is 3.96. The first kappa shape index (κ1) is 15.7. The van der Waals surface area contributed by atoms with Crippen molar-refractivity contribution < 1.29 is 4.39 Å². The summed E-state index contributed by atoms with van der Waals surface area (Å²) >= 11 is 0. The Morgan fingerprint density at radius 2 is 1.83 bits per heavy atom. The van der Waals surface area contributed by atoms with Crippen LogP contribution in [0.15, 0.2) is 48.5 Å². The van der Waals surface area contributed by atoms with Gasteiger partial charge >= 0.3 is 0 Å². The molecule has 0 aliphatic rings. The lowest BCUT2D eigenvalue weighted by molar-refractivity contribution is 0.628. The van der Waals surface area contributed by atoms with Gasteiger partial charge in [0.25, 0.3) is 0 Å². The minimum absolute atomic E-state index is 0.148. The molecule has 2 N–H and O–H groups in total. The van der Waals surface area contributed by atoms with Gasteiger partial charge in [0.15, 0.2) is 0 Å². The van der Waals surface area contributed by atoms with E-state index in [0.717, 1.165) is 16.7 Å². The van der Waals surface area contributed by atoms with Crippen LogP contribution in [0, 0.1) is 31.0 Å². The Hall–Kier alpha value is -3.19. The Bertz CT molecular complexity index is 971. The molecule has 3 aromatic rings. The number of benzene rings is 2. The average molecular weight is 317 g/mol. The van der Waals surface area contributed by atoms with Crippen LogP contribution in [-0.4, -0.2) is 4.98 Å². The van der Waals surface area contributed by atoms with Gasteiger partial charge in [-0.2, -0.15) is 5.26 Å². The van der Waals surface area contributed by atoms with Crippen molar-refractivity contribution in [2.75, 3.05) is 5.73 Å². The molecule has 2 aromatic carbocycles. The summed E-state index contributed by atoms with van der Waals surface area (Å²) in [5.41, 5.74) is 11.3. The Morgan fingerprint density at radius 3 is 2.54 bits per heavy atom. The Labute approximate surface area is 140 Å². The number of aryl methyl sites for hydroxylation is 2. The van der Waals surface area contributed by atoms with E-state index in [1.165, 1.54) is 12.1 Å². The molecule has 1 heterocycles. The highest BCUT2D eigenvalue weighted by Gasteiger charge is 2.15. The second-order valence-electron chi connectivity index (χ2n) is 5.76. The van der Waals surface area contributed by atoms with Crippen LogP contribution >= 0.6 is 0 Å². The van der Waals surface area contributed by atoms with Crippen LogP contribution in [0.4, 0.5) is 10.2 Å². The highest BCUT2D eigenvalue weighted by molar-refractivity contribution is 5.81. The number of nitrogens with zero attached hydrogens (tertiary/aromatic N) is 2. The van der Waals surface area contributed by atoms with Gasteiger partial charge in [-0.3, -0.25) is 0 Å². The molecule has 3 nitrogen and oxygen atoms in total. The number of hydrogen-bond donors (Lipinski definition) is 1. The summed E-state index contributed by atoms with van der Waals surface area (Å²) in [6.07, 6.45) is 0. The van der Waals surface area contributed by atoms with E-state index in [2.05, 4.69) is 11.1 Å². The number of nitrogens with two attached hydrogens (primary N) is 1. The lowest BCUT2D eigenvalue weighted by atomic mass is 9.94. The Balaban J connectivity index is 2.29. The van der Waals surface area contributed by atoms with Gasteiger partial charge in [-0.05, 0) is 43.2 Å². The number of hydrogen-bond acceptors (Lipinski definition) is 3. The van der Waals surface area contributed by atoms with Crippen LogP contribution in [0.25, 0.3) is 22.4 Å². The van der Waals surface area contributed by atoms with E-state index >= 15 is 0 Å². The standard InChI is InChI=1S/C20H16FN3/c1-12-6-7-13(2)16(8-12)17-10-19(24-20(23)18(17)11-22)14-4-3-5-15(21)9-14/h3-10H,1-2H3,(H2,23,24). The molecule has 118 valence electrons. The van der Waals surface area contributed by atoms with Gasteiger partial charge in [-0.25, -0.2) is 9.37 Å². The van der Waals surface area contributed by atoms with E-state index in [4.69, 9.17) is 5.73 Å². The topological polar surface area (TPSA) is 62.7 Å². The number of nitriles is 1. The van der Waals surface area contributed by atoms with Crippen LogP contribution in [0.2, 0.25) is 0 Å². The Morgan fingerprint density at radius 1 is 1.04 bits per heavy atom. The molecule has 0 bridgehead atoms. The van der Waals surface area contributed by atoms with Gasteiger partial charge in [0.2, 0.25) is 0 Å². The third kappa shape index (κ3) is 2.84. The summed E-state index contributed by atoms with van der Waals surface area (Å²) in [7, 11) is 0. The largest absolute Gasteiger partial charge is 0.383 e. The second-order valence-corrected chi connectivity index (χ2v) is 5.76. The molecule has 0 aliphatic carbocycles. The molecule has 0 fully saturated rings. The third-order valence-corrected chi connectivity index (χ3v) is 3.96. The van der Waals surface area contributed by atoms with E-state index in [0.29, 0.717) is 22.4 Å². The van der Waals surface area contributed by atoms with Gasteiger partial charge in [0, 0.05) is 11.1 Å². The molecular weight excluding hydrogens is 301 g/mol. The van der Waals surface area contributed by atoms with Gasteiger partial charge < -0.3 is 5.73 Å². The van der Waals surface area contributed by atoms with E-state index in [1.807, 2.05) is 32.0 Å². The molecule has 0 amide bonds. The zero-order valence-electron chi connectivity index (χ0n) is 13.5. The first-order valence-corrected chi connectivity index (χ1v) is 7.54. The van der Waals surface area contributed by atoms with Crippen molar-refractivity contribution in [3.8, 4) is 28.5 Å². The maximum absolute atomic E-state index is 13.5. The number of rotatable bonds is 2. The van der Waals surface area contributed by atoms with Crippen LogP contribution < -0.4 is 5.73 Å². The molecule has 1 aromatic heterocycles. The predicted octanol–water partition coefficient (Wildman–Crippen LogP) is 4.63. The van der Waals surface area contributed by atoms with Gasteiger partial charge in [-0.1, -0.05) is 35.9 Å².